The third kappa shape index (κ3) is 4.50. The maximum Gasteiger partial charge on any atom is 0.242 e. The second-order valence-corrected chi connectivity index (χ2v) is 9.83. The number of piperidine rings is 1. The molecule has 1 atom stereocenters. The molecular weight excluding hydrogens is 488 g/mol. The van der Waals surface area contributed by atoms with Crippen molar-refractivity contribution in [2.45, 2.75) is 32.2 Å². The van der Waals surface area contributed by atoms with E-state index >= 15 is 4.39 Å². The number of hydrogen-bond acceptors (Lipinski definition) is 7. The molecule has 2 aliphatic heterocycles. The molecule has 0 amide bonds. The SMILES string of the molecule is Cc1cc2c(F)c(Oc3ncnc(Nc4ccc(N5CCN6CCCCC6C5)cc4)c3C#N)cc(F)c2[nH]1. The Morgan fingerprint density at radius 3 is 2.76 bits per heavy atom. The maximum absolute atomic E-state index is 15.1. The average Bonchev–Trinajstić information content (AvgIpc) is 3.34. The lowest BCUT2D eigenvalue weighted by molar-refractivity contribution is 0.133. The quantitative estimate of drug-likeness (QED) is 0.356. The number of halogens is 2. The second kappa shape index (κ2) is 9.91. The van der Waals surface area contributed by atoms with Gasteiger partial charge in [-0.2, -0.15) is 5.26 Å². The van der Waals surface area contributed by atoms with Gasteiger partial charge in [0.25, 0.3) is 0 Å². The lowest BCUT2D eigenvalue weighted by atomic mass is 9.99. The number of hydrogen-bond donors (Lipinski definition) is 2. The zero-order valence-corrected chi connectivity index (χ0v) is 21.0. The number of benzene rings is 2. The van der Waals surface area contributed by atoms with Gasteiger partial charge < -0.3 is 19.9 Å². The molecule has 2 N–H and O–H groups in total. The van der Waals surface area contributed by atoms with Crippen LogP contribution in [-0.4, -0.2) is 52.1 Å². The van der Waals surface area contributed by atoms with Crippen molar-refractivity contribution in [3.05, 3.63) is 65.6 Å². The fourth-order valence-electron chi connectivity index (χ4n) is 5.44. The van der Waals surface area contributed by atoms with Gasteiger partial charge in [-0.15, -0.1) is 0 Å². The van der Waals surface area contributed by atoms with Crippen molar-refractivity contribution in [2.75, 3.05) is 36.4 Å². The second-order valence-electron chi connectivity index (χ2n) is 9.83. The number of nitriles is 1. The first-order valence-corrected chi connectivity index (χ1v) is 12.8. The summed E-state index contributed by atoms with van der Waals surface area (Å²) in [5.41, 5.74) is 2.54. The maximum atomic E-state index is 15.1. The highest BCUT2D eigenvalue weighted by Crippen LogP contribution is 2.34. The predicted molar refractivity (Wildman–Crippen MR) is 141 cm³/mol. The number of nitrogens with zero attached hydrogens (tertiary/aromatic N) is 5. The zero-order valence-electron chi connectivity index (χ0n) is 21.0. The number of ether oxygens (including phenoxy) is 1. The molecular formula is C28H27F2N7O. The van der Waals surface area contributed by atoms with E-state index in [4.69, 9.17) is 4.74 Å². The molecule has 4 aromatic rings. The molecule has 1 unspecified atom stereocenters. The van der Waals surface area contributed by atoms with Crippen molar-refractivity contribution in [2.24, 2.45) is 0 Å². The standard InChI is InChI=1S/C28H27F2N7O/c1-17-12-21-25(30)24(13-23(29)26(21)34-17)38-28-22(14-31)27(32-16-33-28)35-18-5-7-19(8-6-18)37-11-10-36-9-3-2-4-20(36)15-37/h5-8,12-13,16,20,34H,2-4,9-11,15H2,1H3,(H,32,33,35). The van der Waals surface area contributed by atoms with Crippen LogP contribution >= 0.6 is 0 Å². The first kappa shape index (κ1) is 24.1. The molecule has 2 aliphatic rings. The predicted octanol–water partition coefficient (Wildman–Crippen LogP) is 5.63. The lowest BCUT2D eigenvalue weighted by Gasteiger charge is -2.45. The van der Waals surface area contributed by atoms with E-state index in [1.807, 2.05) is 18.2 Å². The lowest BCUT2D eigenvalue weighted by Crippen LogP contribution is -2.54. The Kier molecular flexibility index (Phi) is 6.29. The van der Waals surface area contributed by atoms with Gasteiger partial charge in [0.2, 0.25) is 5.88 Å². The summed E-state index contributed by atoms with van der Waals surface area (Å²) in [5, 5.41) is 13.0. The third-order valence-electron chi connectivity index (χ3n) is 7.37. The van der Waals surface area contributed by atoms with Crippen LogP contribution in [0.3, 0.4) is 0 Å². The number of fused-ring (bicyclic) bond motifs is 2. The van der Waals surface area contributed by atoms with Gasteiger partial charge in [-0.1, -0.05) is 6.42 Å². The molecule has 4 heterocycles. The first-order chi connectivity index (χ1) is 18.5. The minimum Gasteiger partial charge on any atom is -0.434 e. The topological polar surface area (TPSA) is 93.1 Å². The van der Waals surface area contributed by atoms with Gasteiger partial charge in [0.05, 0.1) is 5.52 Å². The highest BCUT2D eigenvalue weighted by molar-refractivity contribution is 5.83. The molecule has 0 radical (unpaired) electrons. The largest absolute Gasteiger partial charge is 0.434 e. The minimum absolute atomic E-state index is 0.0184. The first-order valence-electron chi connectivity index (χ1n) is 12.8. The van der Waals surface area contributed by atoms with Crippen molar-refractivity contribution in [1.82, 2.24) is 19.9 Å². The van der Waals surface area contributed by atoms with Crippen molar-refractivity contribution in [1.29, 1.82) is 5.26 Å². The van der Waals surface area contributed by atoms with Crippen molar-refractivity contribution < 1.29 is 13.5 Å². The number of piperazine rings is 1. The molecule has 0 bridgehead atoms. The zero-order chi connectivity index (χ0) is 26.2. The molecule has 2 fully saturated rings. The van der Waals surface area contributed by atoms with Gasteiger partial charge in [-0.25, -0.2) is 18.7 Å². The molecule has 38 heavy (non-hydrogen) atoms. The summed E-state index contributed by atoms with van der Waals surface area (Å²) in [4.78, 5) is 16.0. The summed E-state index contributed by atoms with van der Waals surface area (Å²) in [7, 11) is 0. The number of aromatic nitrogens is 3. The van der Waals surface area contributed by atoms with Gasteiger partial charge in [0, 0.05) is 54.2 Å². The Bertz CT molecular complexity index is 1530. The summed E-state index contributed by atoms with van der Waals surface area (Å²) in [6.45, 7) is 6.03. The summed E-state index contributed by atoms with van der Waals surface area (Å²) < 4.78 is 35.2. The number of rotatable bonds is 5. The van der Waals surface area contributed by atoms with Gasteiger partial charge in [-0.05, 0) is 56.6 Å². The van der Waals surface area contributed by atoms with E-state index in [2.05, 4.69) is 42.2 Å². The molecule has 194 valence electrons. The summed E-state index contributed by atoms with van der Waals surface area (Å²) in [6, 6.07) is 13.1. The van der Waals surface area contributed by atoms with Crippen LogP contribution in [0.2, 0.25) is 0 Å². The molecule has 2 saturated heterocycles. The van der Waals surface area contributed by atoms with E-state index in [9.17, 15) is 9.65 Å². The average molecular weight is 516 g/mol. The van der Waals surface area contributed by atoms with Crippen LogP contribution in [0.4, 0.5) is 26.0 Å². The minimum atomic E-state index is -0.743. The monoisotopic (exact) mass is 515 g/mol. The van der Waals surface area contributed by atoms with Crippen LogP contribution in [0.25, 0.3) is 10.9 Å². The fraction of sp³-hybridized carbons (Fsp3) is 0.321. The number of aryl methyl sites for hydroxylation is 1. The molecule has 2 aromatic heterocycles. The Morgan fingerprint density at radius 2 is 1.95 bits per heavy atom. The van der Waals surface area contributed by atoms with Crippen molar-refractivity contribution in [3.63, 3.8) is 0 Å². The molecule has 0 saturated carbocycles. The van der Waals surface area contributed by atoms with E-state index in [-0.39, 0.29) is 33.9 Å². The number of anilines is 3. The number of nitrogens with one attached hydrogen (secondary N) is 2. The fourth-order valence-corrected chi connectivity index (χ4v) is 5.44. The molecule has 0 spiro atoms. The van der Waals surface area contributed by atoms with Crippen LogP contribution in [0.5, 0.6) is 11.6 Å². The van der Waals surface area contributed by atoms with Crippen LogP contribution in [0.15, 0.2) is 42.7 Å². The normalized spacial score (nSPS) is 17.7. The van der Waals surface area contributed by atoms with Gasteiger partial charge in [0.1, 0.15) is 12.4 Å². The molecule has 10 heteroatoms. The summed E-state index contributed by atoms with van der Waals surface area (Å²) in [5.74, 6) is -1.73. The number of aromatic amines is 1. The van der Waals surface area contributed by atoms with Crippen molar-refractivity contribution in [3.8, 4) is 17.7 Å². The third-order valence-corrected chi connectivity index (χ3v) is 7.37. The van der Waals surface area contributed by atoms with Crippen LogP contribution < -0.4 is 15.0 Å². The van der Waals surface area contributed by atoms with Crippen LogP contribution in [0.1, 0.15) is 30.5 Å². The Labute approximate surface area is 218 Å². The van der Waals surface area contributed by atoms with Gasteiger partial charge in [0.15, 0.2) is 28.8 Å². The molecule has 0 aliphatic carbocycles. The van der Waals surface area contributed by atoms with E-state index in [0.717, 1.165) is 37.1 Å². The molecule has 6 rings (SSSR count). The number of H-pyrrole nitrogens is 1. The summed E-state index contributed by atoms with van der Waals surface area (Å²) >= 11 is 0. The van der Waals surface area contributed by atoms with Crippen LogP contribution in [-0.2, 0) is 0 Å². The van der Waals surface area contributed by atoms with Gasteiger partial charge in [-0.3, -0.25) is 4.90 Å². The highest BCUT2D eigenvalue weighted by Gasteiger charge is 2.29. The smallest absolute Gasteiger partial charge is 0.242 e. The Hall–Kier alpha value is -4.23. The van der Waals surface area contributed by atoms with Crippen LogP contribution in [0, 0.1) is 29.9 Å². The van der Waals surface area contributed by atoms with E-state index < -0.39 is 11.6 Å². The van der Waals surface area contributed by atoms with E-state index in [0.29, 0.717) is 11.7 Å². The van der Waals surface area contributed by atoms with Crippen molar-refractivity contribution >= 4 is 28.1 Å². The van der Waals surface area contributed by atoms with Gasteiger partial charge >= 0.3 is 0 Å². The van der Waals surface area contributed by atoms with E-state index in [1.54, 1.807) is 6.92 Å². The summed E-state index contributed by atoms with van der Waals surface area (Å²) in [6.07, 6.45) is 5.06. The Balaban J connectivity index is 1.21. The highest BCUT2D eigenvalue weighted by atomic mass is 19.1. The molecule has 8 nitrogen and oxygen atoms in total. The molecule has 2 aromatic carbocycles. The van der Waals surface area contributed by atoms with E-state index in [1.165, 1.54) is 38.2 Å². The Morgan fingerprint density at radius 1 is 1.11 bits per heavy atom.